The van der Waals surface area contributed by atoms with Crippen LogP contribution in [0.5, 0.6) is 5.75 Å². The van der Waals surface area contributed by atoms with Gasteiger partial charge in [-0.25, -0.2) is 8.42 Å². The zero-order valence-electron chi connectivity index (χ0n) is 24.5. The number of benzene rings is 3. The number of para-hydroxylation sites is 1. The Labute approximate surface area is 244 Å². The molecule has 0 spiro atoms. The summed E-state index contributed by atoms with van der Waals surface area (Å²) in [5.74, 6) is -0.156. The third-order valence-corrected chi connectivity index (χ3v) is 8.21. The number of carbonyl (C=O) groups is 2. The van der Waals surface area contributed by atoms with Crippen LogP contribution in [0.1, 0.15) is 43.9 Å². The van der Waals surface area contributed by atoms with E-state index in [1.807, 2.05) is 81.4 Å². The number of ether oxygens (including phenoxy) is 1. The number of hydrogen-bond acceptors (Lipinski definition) is 5. The normalized spacial score (nSPS) is 12.7. The highest BCUT2D eigenvalue weighted by Crippen LogP contribution is 2.25. The third-order valence-electron chi connectivity index (χ3n) is 7.08. The lowest BCUT2D eigenvalue weighted by Crippen LogP contribution is -2.54. The fourth-order valence-corrected chi connectivity index (χ4v) is 5.49. The minimum absolute atomic E-state index is 0.0918. The Balaban J connectivity index is 2.09. The minimum atomic E-state index is -3.83. The van der Waals surface area contributed by atoms with Crippen molar-refractivity contribution in [3.63, 3.8) is 0 Å². The molecular weight excluding hydrogens is 538 g/mol. The minimum Gasteiger partial charge on any atom is -0.497 e. The molecule has 0 aliphatic heterocycles. The number of rotatable bonds is 14. The third kappa shape index (κ3) is 8.82. The van der Waals surface area contributed by atoms with Gasteiger partial charge in [0.25, 0.3) is 0 Å². The molecule has 0 unspecified atom stereocenters. The van der Waals surface area contributed by atoms with Crippen LogP contribution in [0.25, 0.3) is 0 Å². The van der Waals surface area contributed by atoms with Crippen molar-refractivity contribution in [1.29, 1.82) is 0 Å². The second-order valence-electron chi connectivity index (χ2n) is 10.1. The Morgan fingerprint density at radius 2 is 1.59 bits per heavy atom. The molecule has 220 valence electrons. The summed E-state index contributed by atoms with van der Waals surface area (Å²) in [5.41, 5.74) is 2.90. The molecule has 0 aromatic heterocycles. The number of nitrogens with one attached hydrogen (secondary N) is 1. The SMILES string of the molecule is CCc1ccccc1N(CC(=O)N(Cc1cccc(OC)c1)[C@H](Cc1ccccc1)C(=O)N[C@@H](C)CC)S(C)(=O)=O. The summed E-state index contributed by atoms with van der Waals surface area (Å²) in [7, 11) is -2.26. The van der Waals surface area contributed by atoms with E-state index in [9.17, 15) is 18.0 Å². The average Bonchev–Trinajstić information content (AvgIpc) is 2.97. The van der Waals surface area contributed by atoms with Gasteiger partial charge >= 0.3 is 0 Å². The van der Waals surface area contributed by atoms with Crippen molar-refractivity contribution in [2.75, 3.05) is 24.2 Å². The lowest BCUT2D eigenvalue weighted by Gasteiger charge is -2.34. The fraction of sp³-hybridized carbons (Fsp3) is 0.375. The standard InChI is InChI=1S/C32H41N3O5S/c1-6-24(3)33-32(37)30(21-25-14-9-8-10-15-25)34(22-26-16-13-18-28(20-26)40-4)31(36)23-35(41(5,38)39)29-19-12-11-17-27(29)7-2/h8-20,24,30H,6-7,21-23H2,1-5H3,(H,33,37)/t24-,30+/m0/s1. The van der Waals surface area contributed by atoms with Gasteiger partial charge in [0.05, 0.1) is 19.1 Å². The first-order valence-corrected chi connectivity index (χ1v) is 15.7. The quantitative estimate of drug-likeness (QED) is 0.302. The van der Waals surface area contributed by atoms with E-state index in [0.29, 0.717) is 17.9 Å². The lowest BCUT2D eigenvalue weighted by atomic mass is 10.0. The van der Waals surface area contributed by atoms with E-state index in [4.69, 9.17) is 4.74 Å². The van der Waals surface area contributed by atoms with E-state index < -0.39 is 28.5 Å². The summed E-state index contributed by atoms with van der Waals surface area (Å²) in [4.78, 5) is 29.5. The Morgan fingerprint density at radius 1 is 0.927 bits per heavy atom. The predicted molar refractivity (Wildman–Crippen MR) is 163 cm³/mol. The maximum Gasteiger partial charge on any atom is 0.244 e. The molecule has 41 heavy (non-hydrogen) atoms. The van der Waals surface area contributed by atoms with E-state index in [0.717, 1.165) is 33.7 Å². The van der Waals surface area contributed by atoms with Gasteiger partial charge in [0.15, 0.2) is 0 Å². The molecule has 0 radical (unpaired) electrons. The zero-order valence-corrected chi connectivity index (χ0v) is 25.4. The van der Waals surface area contributed by atoms with Crippen molar-refractivity contribution in [1.82, 2.24) is 10.2 Å². The van der Waals surface area contributed by atoms with E-state index in [1.54, 1.807) is 25.3 Å². The lowest BCUT2D eigenvalue weighted by molar-refractivity contribution is -0.140. The smallest absolute Gasteiger partial charge is 0.244 e. The largest absolute Gasteiger partial charge is 0.497 e. The van der Waals surface area contributed by atoms with Crippen LogP contribution in [-0.2, 0) is 39.0 Å². The molecule has 0 heterocycles. The van der Waals surface area contributed by atoms with Gasteiger partial charge in [0.1, 0.15) is 18.3 Å². The van der Waals surface area contributed by atoms with E-state index >= 15 is 0 Å². The van der Waals surface area contributed by atoms with Gasteiger partial charge in [0.2, 0.25) is 21.8 Å². The van der Waals surface area contributed by atoms with Gasteiger partial charge in [-0.1, -0.05) is 74.5 Å². The molecule has 0 bridgehead atoms. The van der Waals surface area contributed by atoms with Crippen molar-refractivity contribution in [3.05, 3.63) is 95.6 Å². The number of nitrogens with zero attached hydrogens (tertiary/aromatic N) is 2. The Bertz CT molecular complexity index is 1410. The number of methoxy groups -OCH3 is 1. The number of amides is 2. The van der Waals surface area contributed by atoms with E-state index in [-0.39, 0.29) is 24.9 Å². The Hall–Kier alpha value is -3.85. The maximum atomic E-state index is 14.2. The van der Waals surface area contributed by atoms with Gasteiger partial charge in [-0.05, 0) is 54.7 Å². The number of sulfonamides is 1. The second-order valence-corrected chi connectivity index (χ2v) is 12.1. The molecular formula is C32H41N3O5S. The molecule has 0 fully saturated rings. The molecule has 9 heteroatoms. The first-order chi connectivity index (χ1) is 19.6. The number of aryl methyl sites for hydroxylation is 1. The van der Waals surface area contributed by atoms with Crippen LogP contribution in [0.2, 0.25) is 0 Å². The van der Waals surface area contributed by atoms with Crippen LogP contribution < -0.4 is 14.4 Å². The van der Waals surface area contributed by atoms with Gasteiger partial charge in [-0.15, -0.1) is 0 Å². The van der Waals surface area contributed by atoms with E-state index in [1.165, 1.54) is 4.90 Å². The van der Waals surface area contributed by atoms with Crippen molar-refractivity contribution in [2.45, 2.75) is 58.7 Å². The summed E-state index contributed by atoms with van der Waals surface area (Å²) >= 11 is 0. The molecule has 3 rings (SSSR count). The van der Waals surface area contributed by atoms with Crippen molar-refractivity contribution in [2.24, 2.45) is 0 Å². The molecule has 1 N–H and O–H groups in total. The predicted octanol–water partition coefficient (Wildman–Crippen LogP) is 4.58. The summed E-state index contributed by atoms with van der Waals surface area (Å²) in [5, 5.41) is 3.04. The highest BCUT2D eigenvalue weighted by atomic mass is 32.2. The van der Waals surface area contributed by atoms with Crippen molar-refractivity contribution in [3.8, 4) is 5.75 Å². The highest BCUT2D eigenvalue weighted by Gasteiger charge is 2.33. The van der Waals surface area contributed by atoms with Crippen molar-refractivity contribution < 1.29 is 22.7 Å². The molecule has 0 aliphatic carbocycles. The second kappa shape index (κ2) is 14.7. The van der Waals surface area contributed by atoms with Gasteiger partial charge in [-0.2, -0.15) is 0 Å². The topological polar surface area (TPSA) is 96.0 Å². The molecule has 0 aliphatic rings. The monoisotopic (exact) mass is 579 g/mol. The van der Waals surface area contributed by atoms with Gasteiger partial charge in [-0.3, -0.25) is 13.9 Å². The van der Waals surface area contributed by atoms with Crippen LogP contribution in [-0.4, -0.2) is 57.1 Å². The molecule has 3 aromatic carbocycles. The van der Waals surface area contributed by atoms with E-state index in [2.05, 4.69) is 5.32 Å². The molecule has 3 aromatic rings. The molecule has 8 nitrogen and oxygen atoms in total. The van der Waals surface area contributed by atoms with Crippen LogP contribution in [0.4, 0.5) is 5.69 Å². The summed E-state index contributed by atoms with van der Waals surface area (Å²) < 4.78 is 32.6. The van der Waals surface area contributed by atoms with Crippen LogP contribution in [0.3, 0.4) is 0 Å². The molecule has 0 saturated carbocycles. The highest BCUT2D eigenvalue weighted by molar-refractivity contribution is 7.92. The average molecular weight is 580 g/mol. The molecule has 2 atom stereocenters. The summed E-state index contributed by atoms with van der Waals surface area (Å²) in [6, 6.07) is 23.0. The molecule has 0 saturated heterocycles. The van der Waals surface area contributed by atoms with Crippen LogP contribution >= 0.6 is 0 Å². The van der Waals surface area contributed by atoms with Crippen LogP contribution in [0.15, 0.2) is 78.9 Å². The number of hydrogen-bond donors (Lipinski definition) is 1. The molecule has 2 amide bonds. The van der Waals surface area contributed by atoms with Gasteiger partial charge in [0, 0.05) is 19.0 Å². The number of carbonyl (C=O) groups excluding carboxylic acids is 2. The van der Waals surface area contributed by atoms with Crippen molar-refractivity contribution >= 4 is 27.5 Å². The zero-order chi connectivity index (χ0) is 30.0. The number of anilines is 1. The van der Waals surface area contributed by atoms with Crippen LogP contribution in [0, 0.1) is 0 Å². The first kappa shape index (κ1) is 31.7. The Morgan fingerprint density at radius 3 is 2.22 bits per heavy atom. The summed E-state index contributed by atoms with van der Waals surface area (Å²) in [6.07, 6.45) is 2.68. The maximum absolute atomic E-state index is 14.2. The van der Waals surface area contributed by atoms with Gasteiger partial charge < -0.3 is 15.0 Å². The summed E-state index contributed by atoms with van der Waals surface area (Å²) in [6.45, 7) is 5.48. The fourth-order valence-electron chi connectivity index (χ4n) is 4.61. The Kier molecular flexibility index (Phi) is 11.3. The first-order valence-electron chi connectivity index (χ1n) is 13.9.